The Morgan fingerprint density at radius 1 is 1.08 bits per heavy atom. The molecule has 5 heteroatoms. The van der Waals surface area contributed by atoms with Gasteiger partial charge in [0.1, 0.15) is 5.75 Å². The van der Waals surface area contributed by atoms with Crippen molar-refractivity contribution in [1.29, 1.82) is 0 Å². The molecule has 0 unspecified atom stereocenters. The number of ether oxygens (including phenoxy) is 1. The van der Waals surface area contributed by atoms with E-state index in [0.717, 1.165) is 23.3 Å². The number of amides is 2. The number of rotatable bonds is 6. The smallest absolute Gasteiger partial charge is 0.251 e. The van der Waals surface area contributed by atoms with E-state index in [2.05, 4.69) is 16.7 Å². The molecule has 0 aromatic heterocycles. The van der Waals surface area contributed by atoms with Crippen LogP contribution in [0.3, 0.4) is 0 Å². The van der Waals surface area contributed by atoms with E-state index in [1.54, 1.807) is 31.4 Å². The molecule has 2 rings (SSSR count). The van der Waals surface area contributed by atoms with E-state index >= 15 is 0 Å². The minimum atomic E-state index is -0.164. The Kier molecular flexibility index (Phi) is 6.17. The normalized spacial score (nSPS) is 10.2. The zero-order valence-electron chi connectivity index (χ0n) is 15.1. The van der Waals surface area contributed by atoms with E-state index in [0.29, 0.717) is 17.8 Å². The van der Waals surface area contributed by atoms with Crippen LogP contribution in [0.2, 0.25) is 0 Å². The number of carbonyl (C=O) groups excluding carboxylic acids is 2. The van der Waals surface area contributed by atoms with E-state index < -0.39 is 0 Å². The molecule has 0 bridgehead atoms. The van der Waals surface area contributed by atoms with Crippen molar-refractivity contribution in [2.24, 2.45) is 0 Å². The molecule has 2 aromatic rings. The molecule has 25 heavy (non-hydrogen) atoms. The third-order valence-electron chi connectivity index (χ3n) is 3.98. The number of nitrogens with one attached hydrogen (secondary N) is 2. The fraction of sp³-hybridized carbons (Fsp3) is 0.300. The highest BCUT2D eigenvalue weighted by Gasteiger charge is 2.08. The maximum Gasteiger partial charge on any atom is 0.251 e. The monoisotopic (exact) mass is 340 g/mol. The van der Waals surface area contributed by atoms with Crippen LogP contribution in [-0.2, 0) is 11.2 Å². The van der Waals surface area contributed by atoms with Crippen LogP contribution in [0, 0.1) is 13.8 Å². The van der Waals surface area contributed by atoms with Crippen molar-refractivity contribution in [2.75, 3.05) is 19.0 Å². The number of hydrogen-bond acceptors (Lipinski definition) is 3. The lowest BCUT2D eigenvalue weighted by Gasteiger charge is -2.12. The minimum absolute atomic E-state index is 0.157. The molecule has 132 valence electrons. The lowest BCUT2D eigenvalue weighted by molar-refractivity contribution is -0.114. The number of carbonyl (C=O) groups is 2. The Morgan fingerprint density at radius 2 is 1.84 bits per heavy atom. The van der Waals surface area contributed by atoms with Gasteiger partial charge in [0.25, 0.3) is 5.91 Å². The summed E-state index contributed by atoms with van der Waals surface area (Å²) in [4.78, 5) is 23.4. The molecule has 0 aliphatic heterocycles. The van der Waals surface area contributed by atoms with Gasteiger partial charge in [-0.05, 0) is 61.2 Å². The van der Waals surface area contributed by atoms with E-state index in [1.165, 1.54) is 12.5 Å². The second-order valence-corrected chi connectivity index (χ2v) is 6.02. The van der Waals surface area contributed by atoms with Gasteiger partial charge < -0.3 is 15.4 Å². The van der Waals surface area contributed by atoms with Crippen molar-refractivity contribution >= 4 is 17.5 Å². The molecular formula is C20H24N2O3. The predicted molar refractivity (Wildman–Crippen MR) is 99.3 cm³/mol. The number of anilines is 1. The molecule has 0 fully saturated rings. The molecule has 2 amide bonds. The quantitative estimate of drug-likeness (QED) is 0.848. The van der Waals surface area contributed by atoms with Crippen molar-refractivity contribution in [3.05, 3.63) is 58.7 Å². The van der Waals surface area contributed by atoms with E-state index in [1.807, 2.05) is 19.9 Å². The van der Waals surface area contributed by atoms with Crippen LogP contribution >= 0.6 is 0 Å². The maximum atomic E-state index is 12.3. The first-order chi connectivity index (χ1) is 11.9. The van der Waals surface area contributed by atoms with E-state index in [9.17, 15) is 9.59 Å². The second kappa shape index (κ2) is 8.33. The SMILES string of the molecule is COc1cc(C)c(CCNC(=O)c2cccc(NC(C)=O)c2)cc1C. The summed E-state index contributed by atoms with van der Waals surface area (Å²) in [5, 5.41) is 5.60. The fourth-order valence-corrected chi connectivity index (χ4v) is 2.69. The van der Waals surface area contributed by atoms with Gasteiger partial charge in [-0.25, -0.2) is 0 Å². The molecule has 0 atom stereocenters. The second-order valence-electron chi connectivity index (χ2n) is 6.02. The molecular weight excluding hydrogens is 316 g/mol. The Labute approximate surface area is 148 Å². The van der Waals surface area contributed by atoms with Crippen molar-refractivity contribution in [3.63, 3.8) is 0 Å². The van der Waals surface area contributed by atoms with Gasteiger partial charge in [0.15, 0.2) is 0 Å². The zero-order chi connectivity index (χ0) is 18.4. The van der Waals surface area contributed by atoms with Gasteiger partial charge >= 0.3 is 0 Å². The Balaban J connectivity index is 1.97. The summed E-state index contributed by atoms with van der Waals surface area (Å²) in [5.41, 5.74) is 4.54. The Morgan fingerprint density at radius 3 is 2.52 bits per heavy atom. The van der Waals surface area contributed by atoms with Gasteiger partial charge in [-0.15, -0.1) is 0 Å². The highest BCUT2D eigenvalue weighted by atomic mass is 16.5. The van der Waals surface area contributed by atoms with Gasteiger partial charge in [-0.2, -0.15) is 0 Å². The van der Waals surface area contributed by atoms with Crippen molar-refractivity contribution < 1.29 is 14.3 Å². The van der Waals surface area contributed by atoms with Gasteiger partial charge in [0, 0.05) is 24.7 Å². The van der Waals surface area contributed by atoms with Crippen LogP contribution in [-0.4, -0.2) is 25.5 Å². The zero-order valence-corrected chi connectivity index (χ0v) is 15.1. The molecule has 0 heterocycles. The number of benzene rings is 2. The van der Waals surface area contributed by atoms with Gasteiger partial charge in [0.05, 0.1) is 7.11 Å². The molecule has 0 saturated carbocycles. The van der Waals surface area contributed by atoms with Crippen molar-refractivity contribution in [2.45, 2.75) is 27.2 Å². The Hall–Kier alpha value is -2.82. The molecule has 2 N–H and O–H groups in total. The number of methoxy groups -OCH3 is 1. The van der Waals surface area contributed by atoms with Gasteiger partial charge in [-0.1, -0.05) is 12.1 Å². The first kappa shape index (κ1) is 18.5. The van der Waals surface area contributed by atoms with Crippen LogP contribution in [0.4, 0.5) is 5.69 Å². The molecule has 0 aliphatic carbocycles. The summed E-state index contributed by atoms with van der Waals surface area (Å²) in [6.45, 7) is 6.02. The summed E-state index contributed by atoms with van der Waals surface area (Å²) >= 11 is 0. The van der Waals surface area contributed by atoms with Crippen LogP contribution in [0.1, 0.15) is 34.0 Å². The summed E-state index contributed by atoms with van der Waals surface area (Å²) in [5.74, 6) is 0.554. The van der Waals surface area contributed by atoms with Crippen LogP contribution in [0.5, 0.6) is 5.75 Å². The Bertz CT molecular complexity index is 785. The minimum Gasteiger partial charge on any atom is -0.496 e. The van der Waals surface area contributed by atoms with Crippen LogP contribution in [0.15, 0.2) is 36.4 Å². The average molecular weight is 340 g/mol. The van der Waals surface area contributed by atoms with E-state index in [-0.39, 0.29) is 11.8 Å². The molecule has 5 nitrogen and oxygen atoms in total. The lowest BCUT2D eigenvalue weighted by Crippen LogP contribution is -2.26. The third kappa shape index (κ3) is 5.08. The standard InChI is InChI=1S/C20H24N2O3/c1-13-11-19(25-4)14(2)10-16(13)8-9-21-20(24)17-6-5-7-18(12-17)22-15(3)23/h5-7,10-12H,8-9H2,1-4H3,(H,21,24)(H,22,23). The first-order valence-electron chi connectivity index (χ1n) is 8.20. The van der Waals surface area contributed by atoms with E-state index in [4.69, 9.17) is 4.74 Å². The number of aryl methyl sites for hydroxylation is 2. The number of hydrogen-bond donors (Lipinski definition) is 2. The maximum absolute atomic E-state index is 12.3. The van der Waals surface area contributed by atoms with Crippen LogP contribution in [0.25, 0.3) is 0 Å². The molecule has 0 saturated heterocycles. The van der Waals surface area contributed by atoms with Gasteiger partial charge in [0.2, 0.25) is 5.91 Å². The summed E-state index contributed by atoms with van der Waals surface area (Å²) in [6, 6.07) is 11.0. The summed E-state index contributed by atoms with van der Waals surface area (Å²) < 4.78 is 5.32. The molecule has 2 aromatic carbocycles. The van der Waals surface area contributed by atoms with Gasteiger partial charge in [-0.3, -0.25) is 9.59 Å². The largest absolute Gasteiger partial charge is 0.496 e. The molecule has 0 radical (unpaired) electrons. The topological polar surface area (TPSA) is 67.4 Å². The molecule has 0 spiro atoms. The molecule has 0 aliphatic rings. The van der Waals surface area contributed by atoms with Crippen molar-refractivity contribution in [3.8, 4) is 5.75 Å². The van der Waals surface area contributed by atoms with Crippen LogP contribution < -0.4 is 15.4 Å². The first-order valence-corrected chi connectivity index (χ1v) is 8.20. The summed E-state index contributed by atoms with van der Waals surface area (Å²) in [6.07, 6.45) is 0.744. The average Bonchev–Trinajstić information content (AvgIpc) is 2.57. The highest BCUT2D eigenvalue weighted by Crippen LogP contribution is 2.22. The predicted octanol–water partition coefficient (Wildman–Crippen LogP) is 3.24. The highest BCUT2D eigenvalue weighted by molar-refractivity contribution is 5.96. The third-order valence-corrected chi connectivity index (χ3v) is 3.98. The lowest BCUT2D eigenvalue weighted by atomic mass is 10.0. The van der Waals surface area contributed by atoms with Crippen molar-refractivity contribution in [1.82, 2.24) is 5.32 Å². The summed E-state index contributed by atoms with van der Waals surface area (Å²) in [7, 11) is 1.66. The fourth-order valence-electron chi connectivity index (χ4n) is 2.69.